The smallest absolute Gasteiger partial charge is 0.185 e. The average molecular weight is 253 g/mol. The van der Waals surface area contributed by atoms with Crippen molar-refractivity contribution in [2.45, 2.75) is 19.4 Å². The van der Waals surface area contributed by atoms with Gasteiger partial charge in [0, 0.05) is 37.8 Å². The molecule has 0 spiro atoms. The summed E-state index contributed by atoms with van der Waals surface area (Å²) >= 11 is 1.68. The summed E-state index contributed by atoms with van der Waals surface area (Å²) < 4.78 is 0. The minimum Gasteiger partial charge on any atom is -0.386 e. The number of hydrogen-bond donors (Lipinski definition) is 2. The second kappa shape index (κ2) is 5.46. The molecule has 5 nitrogen and oxygen atoms in total. The molecule has 0 bridgehead atoms. The maximum Gasteiger partial charge on any atom is 0.185 e. The predicted molar refractivity (Wildman–Crippen MR) is 71.9 cm³/mol. The summed E-state index contributed by atoms with van der Waals surface area (Å²) in [6.45, 7) is 5.93. The molecule has 2 heterocycles. The molecule has 0 amide bonds. The van der Waals surface area contributed by atoms with Gasteiger partial charge < -0.3 is 10.6 Å². The molecular weight excluding hydrogens is 234 g/mol. The van der Waals surface area contributed by atoms with Crippen molar-refractivity contribution < 1.29 is 0 Å². The average Bonchev–Trinajstić information content (AvgIpc) is 2.84. The van der Waals surface area contributed by atoms with Crippen LogP contribution in [0.1, 0.15) is 13.3 Å². The Morgan fingerprint density at radius 2 is 2.24 bits per heavy atom. The summed E-state index contributed by atoms with van der Waals surface area (Å²) in [5.41, 5.74) is 5.63. The molecule has 1 unspecified atom stereocenters. The first kappa shape index (κ1) is 12.3. The van der Waals surface area contributed by atoms with Gasteiger partial charge in [0.2, 0.25) is 0 Å². The van der Waals surface area contributed by atoms with E-state index in [0.29, 0.717) is 0 Å². The van der Waals surface area contributed by atoms with Crippen molar-refractivity contribution in [1.29, 1.82) is 5.41 Å². The molecule has 1 aliphatic rings. The summed E-state index contributed by atoms with van der Waals surface area (Å²) in [5, 5.41) is 10.7. The Labute approximate surface area is 106 Å². The molecule has 3 N–H and O–H groups in total. The number of nitrogens with one attached hydrogen (secondary N) is 1. The third-order valence-corrected chi connectivity index (χ3v) is 4.02. The minimum atomic E-state index is 0.105. The molecule has 94 valence electrons. The van der Waals surface area contributed by atoms with E-state index in [1.54, 1.807) is 11.3 Å². The van der Waals surface area contributed by atoms with E-state index in [4.69, 9.17) is 11.1 Å². The Morgan fingerprint density at radius 1 is 1.53 bits per heavy atom. The predicted octanol–water partition coefficient (Wildman–Crippen LogP) is 0.980. The lowest BCUT2D eigenvalue weighted by Crippen LogP contribution is -2.53. The number of amidine groups is 1. The highest BCUT2D eigenvalue weighted by atomic mass is 32.1. The zero-order valence-electron chi connectivity index (χ0n) is 10.1. The van der Waals surface area contributed by atoms with Crippen LogP contribution in [0.3, 0.4) is 0 Å². The van der Waals surface area contributed by atoms with Crippen LogP contribution in [0.15, 0.2) is 11.6 Å². The molecule has 0 radical (unpaired) electrons. The Hall–Kier alpha value is -1.14. The van der Waals surface area contributed by atoms with Crippen LogP contribution in [0.4, 0.5) is 5.13 Å². The zero-order valence-corrected chi connectivity index (χ0v) is 10.9. The van der Waals surface area contributed by atoms with Crippen molar-refractivity contribution in [1.82, 2.24) is 9.88 Å². The SMILES string of the molecule is CCC(C(=N)N)N1CCN(c2nccs2)CC1. The lowest BCUT2D eigenvalue weighted by atomic mass is 10.1. The Kier molecular flexibility index (Phi) is 3.96. The third-order valence-electron chi connectivity index (χ3n) is 3.19. The molecule has 1 saturated heterocycles. The van der Waals surface area contributed by atoms with Gasteiger partial charge in [-0.2, -0.15) is 0 Å². The maximum absolute atomic E-state index is 7.59. The topological polar surface area (TPSA) is 69.2 Å². The van der Waals surface area contributed by atoms with Crippen LogP contribution in [0, 0.1) is 5.41 Å². The number of hydrogen-bond acceptors (Lipinski definition) is 5. The van der Waals surface area contributed by atoms with E-state index in [2.05, 4.69) is 21.7 Å². The van der Waals surface area contributed by atoms with Crippen LogP contribution < -0.4 is 10.6 Å². The summed E-state index contributed by atoms with van der Waals surface area (Å²) in [7, 11) is 0. The summed E-state index contributed by atoms with van der Waals surface area (Å²) in [5.74, 6) is 0.287. The number of aromatic nitrogens is 1. The van der Waals surface area contributed by atoms with Crippen molar-refractivity contribution in [2.75, 3.05) is 31.1 Å². The lowest BCUT2D eigenvalue weighted by Gasteiger charge is -2.38. The number of piperazine rings is 1. The molecule has 17 heavy (non-hydrogen) atoms. The fourth-order valence-electron chi connectivity index (χ4n) is 2.27. The molecular formula is C11H19N5S. The van der Waals surface area contributed by atoms with E-state index in [1.165, 1.54) is 0 Å². The molecule has 1 aromatic heterocycles. The van der Waals surface area contributed by atoms with Gasteiger partial charge in [-0.25, -0.2) is 4.98 Å². The quantitative estimate of drug-likeness (QED) is 0.620. The summed E-state index contributed by atoms with van der Waals surface area (Å²) in [4.78, 5) is 8.92. The van der Waals surface area contributed by atoms with Gasteiger partial charge in [-0.1, -0.05) is 6.92 Å². The first-order valence-corrected chi connectivity index (χ1v) is 6.82. The fourth-order valence-corrected chi connectivity index (χ4v) is 2.97. The maximum atomic E-state index is 7.59. The van der Waals surface area contributed by atoms with Gasteiger partial charge in [-0.15, -0.1) is 11.3 Å². The van der Waals surface area contributed by atoms with Gasteiger partial charge in [-0.3, -0.25) is 10.3 Å². The number of thiazole rings is 1. The van der Waals surface area contributed by atoms with Crippen molar-refractivity contribution in [3.8, 4) is 0 Å². The minimum absolute atomic E-state index is 0.105. The van der Waals surface area contributed by atoms with Gasteiger partial charge in [0.25, 0.3) is 0 Å². The Bertz CT molecular complexity index is 356. The second-order valence-corrected chi connectivity index (χ2v) is 5.09. The molecule has 0 aliphatic carbocycles. The third kappa shape index (κ3) is 2.76. The Balaban J connectivity index is 1.91. The highest BCUT2D eigenvalue weighted by Crippen LogP contribution is 2.19. The fraction of sp³-hybridized carbons (Fsp3) is 0.636. The number of rotatable bonds is 4. The number of anilines is 1. The highest BCUT2D eigenvalue weighted by Gasteiger charge is 2.25. The van der Waals surface area contributed by atoms with Gasteiger partial charge in [0.15, 0.2) is 5.13 Å². The van der Waals surface area contributed by atoms with E-state index in [0.717, 1.165) is 37.7 Å². The lowest BCUT2D eigenvalue weighted by molar-refractivity contribution is 0.222. The van der Waals surface area contributed by atoms with E-state index in [-0.39, 0.29) is 11.9 Å². The van der Waals surface area contributed by atoms with Crippen LogP contribution >= 0.6 is 11.3 Å². The van der Waals surface area contributed by atoms with Gasteiger partial charge >= 0.3 is 0 Å². The first-order valence-electron chi connectivity index (χ1n) is 5.94. The Morgan fingerprint density at radius 3 is 2.71 bits per heavy atom. The van der Waals surface area contributed by atoms with E-state index in [9.17, 15) is 0 Å². The van der Waals surface area contributed by atoms with Crippen LogP contribution in [-0.2, 0) is 0 Å². The van der Waals surface area contributed by atoms with Crippen LogP contribution in [-0.4, -0.2) is 47.9 Å². The molecule has 1 fully saturated rings. The van der Waals surface area contributed by atoms with Crippen LogP contribution in [0.2, 0.25) is 0 Å². The molecule has 1 aromatic rings. The second-order valence-electron chi connectivity index (χ2n) is 4.22. The van der Waals surface area contributed by atoms with E-state index < -0.39 is 0 Å². The highest BCUT2D eigenvalue weighted by molar-refractivity contribution is 7.13. The number of nitrogens with two attached hydrogens (primary N) is 1. The van der Waals surface area contributed by atoms with Gasteiger partial charge in [0.1, 0.15) is 5.84 Å². The molecule has 0 aromatic carbocycles. The van der Waals surface area contributed by atoms with Crippen molar-refractivity contribution in [2.24, 2.45) is 5.73 Å². The summed E-state index contributed by atoms with van der Waals surface area (Å²) in [6.07, 6.45) is 2.75. The summed E-state index contributed by atoms with van der Waals surface area (Å²) in [6, 6.07) is 0.105. The van der Waals surface area contributed by atoms with Crippen LogP contribution in [0.25, 0.3) is 0 Å². The van der Waals surface area contributed by atoms with Crippen molar-refractivity contribution >= 4 is 22.3 Å². The normalized spacial score (nSPS) is 19.2. The van der Waals surface area contributed by atoms with E-state index in [1.807, 2.05) is 11.6 Å². The monoisotopic (exact) mass is 253 g/mol. The van der Waals surface area contributed by atoms with Crippen LogP contribution in [0.5, 0.6) is 0 Å². The molecule has 6 heteroatoms. The number of nitrogens with zero attached hydrogens (tertiary/aromatic N) is 3. The van der Waals surface area contributed by atoms with Gasteiger partial charge in [0.05, 0.1) is 6.04 Å². The van der Waals surface area contributed by atoms with Crippen molar-refractivity contribution in [3.05, 3.63) is 11.6 Å². The largest absolute Gasteiger partial charge is 0.386 e. The molecule has 1 atom stereocenters. The first-order chi connectivity index (χ1) is 8.22. The van der Waals surface area contributed by atoms with Gasteiger partial charge in [-0.05, 0) is 6.42 Å². The molecule has 1 aliphatic heterocycles. The molecule has 0 saturated carbocycles. The zero-order chi connectivity index (χ0) is 12.3. The molecule has 2 rings (SSSR count). The van der Waals surface area contributed by atoms with E-state index >= 15 is 0 Å². The van der Waals surface area contributed by atoms with Crippen molar-refractivity contribution in [3.63, 3.8) is 0 Å². The standard InChI is InChI=1S/C11H19N5S/c1-2-9(10(12)13)15-4-6-16(7-5-15)11-14-3-8-17-11/h3,8-9H,2,4-7H2,1H3,(H3,12,13).